The highest BCUT2D eigenvalue weighted by molar-refractivity contribution is 5.89. The number of rotatable bonds is 4. The van der Waals surface area contributed by atoms with Crippen LogP contribution in [0.5, 0.6) is 0 Å². The van der Waals surface area contributed by atoms with Crippen LogP contribution in [0.2, 0.25) is 0 Å². The lowest BCUT2D eigenvalue weighted by Crippen LogP contribution is -2.48. The van der Waals surface area contributed by atoms with Crippen LogP contribution in [0.15, 0.2) is 0 Å². The summed E-state index contributed by atoms with van der Waals surface area (Å²) in [6, 6.07) is -0.774. The SMILES string of the molecule is CNC(=O)CNC(=O)C(C)NC(=O)OC(C)(C)C. The van der Waals surface area contributed by atoms with Gasteiger partial charge in [-0.15, -0.1) is 0 Å². The Labute approximate surface area is 107 Å². The lowest BCUT2D eigenvalue weighted by atomic mass is 10.2. The molecular formula is C11H21N3O4. The highest BCUT2D eigenvalue weighted by atomic mass is 16.6. The maximum atomic E-state index is 11.5. The first-order chi connectivity index (χ1) is 8.15. The molecule has 0 aliphatic rings. The van der Waals surface area contributed by atoms with E-state index in [9.17, 15) is 14.4 Å². The normalized spacial score (nSPS) is 12.3. The number of amides is 3. The Balaban J connectivity index is 4.08. The van der Waals surface area contributed by atoms with Gasteiger partial charge in [0, 0.05) is 7.05 Å². The van der Waals surface area contributed by atoms with Gasteiger partial charge in [0.1, 0.15) is 11.6 Å². The molecule has 18 heavy (non-hydrogen) atoms. The van der Waals surface area contributed by atoms with Crippen molar-refractivity contribution in [2.24, 2.45) is 0 Å². The average molecular weight is 259 g/mol. The third-order valence-corrected chi connectivity index (χ3v) is 1.83. The molecule has 0 aliphatic carbocycles. The maximum Gasteiger partial charge on any atom is 0.408 e. The average Bonchev–Trinajstić information content (AvgIpc) is 2.22. The van der Waals surface area contributed by atoms with E-state index >= 15 is 0 Å². The summed E-state index contributed by atoms with van der Waals surface area (Å²) >= 11 is 0. The van der Waals surface area contributed by atoms with Crippen molar-refractivity contribution in [3.63, 3.8) is 0 Å². The molecule has 3 N–H and O–H groups in total. The third kappa shape index (κ3) is 7.48. The highest BCUT2D eigenvalue weighted by Gasteiger charge is 2.20. The first-order valence-corrected chi connectivity index (χ1v) is 5.63. The number of carbonyl (C=O) groups excluding carboxylic acids is 3. The van der Waals surface area contributed by atoms with Crippen LogP contribution in [0.4, 0.5) is 4.79 Å². The number of nitrogens with one attached hydrogen (secondary N) is 3. The molecule has 1 unspecified atom stereocenters. The monoisotopic (exact) mass is 259 g/mol. The molecule has 0 aromatic rings. The molecule has 0 saturated carbocycles. The van der Waals surface area contributed by atoms with Gasteiger partial charge in [0.15, 0.2) is 0 Å². The number of ether oxygens (including phenoxy) is 1. The molecule has 0 radical (unpaired) electrons. The van der Waals surface area contributed by atoms with Crippen molar-refractivity contribution in [3.05, 3.63) is 0 Å². The summed E-state index contributed by atoms with van der Waals surface area (Å²) < 4.78 is 5.00. The molecular weight excluding hydrogens is 238 g/mol. The van der Waals surface area contributed by atoms with Crippen LogP contribution >= 0.6 is 0 Å². The van der Waals surface area contributed by atoms with Crippen molar-refractivity contribution in [2.75, 3.05) is 13.6 Å². The smallest absolute Gasteiger partial charge is 0.408 e. The van der Waals surface area contributed by atoms with Gasteiger partial charge in [0.2, 0.25) is 11.8 Å². The summed E-state index contributed by atoms with van der Waals surface area (Å²) in [5.74, 6) is -0.766. The molecule has 7 heteroatoms. The van der Waals surface area contributed by atoms with E-state index in [0.717, 1.165) is 0 Å². The van der Waals surface area contributed by atoms with Gasteiger partial charge in [-0.1, -0.05) is 0 Å². The fourth-order valence-electron chi connectivity index (χ4n) is 0.959. The molecule has 104 valence electrons. The quantitative estimate of drug-likeness (QED) is 0.649. The Morgan fingerprint density at radius 2 is 1.78 bits per heavy atom. The van der Waals surface area contributed by atoms with Gasteiger partial charge in [0.05, 0.1) is 6.54 Å². The van der Waals surface area contributed by atoms with Crippen molar-refractivity contribution in [1.29, 1.82) is 0 Å². The fourth-order valence-corrected chi connectivity index (χ4v) is 0.959. The van der Waals surface area contributed by atoms with Gasteiger partial charge in [-0.25, -0.2) is 4.79 Å². The first kappa shape index (κ1) is 16.2. The van der Waals surface area contributed by atoms with Crippen molar-refractivity contribution in [3.8, 4) is 0 Å². The predicted molar refractivity (Wildman–Crippen MR) is 65.9 cm³/mol. The van der Waals surface area contributed by atoms with Crippen LogP contribution in [0.25, 0.3) is 0 Å². The molecule has 3 amide bonds. The summed E-state index contributed by atoms with van der Waals surface area (Å²) in [4.78, 5) is 33.8. The second-order valence-electron chi connectivity index (χ2n) is 4.76. The molecule has 0 fully saturated rings. The van der Waals surface area contributed by atoms with Crippen LogP contribution in [0.3, 0.4) is 0 Å². The molecule has 0 bridgehead atoms. The van der Waals surface area contributed by atoms with E-state index in [0.29, 0.717) is 0 Å². The lowest BCUT2D eigenvalue weighted by molar-refractivity contribution is -0.126. The van der Waals surface area contributed by atoms with E-state index in [4.69, 9.17) is 4.74 Å². The Bertz CT molecular complexity index is 323. The zero-order valence-electron chi connectivity index (χ0n) is 11.4. The minimum absolute atomic E-state index is 0.129. The molecule has 0 aromatic heterocycles. The minimum Gasteiger partial charge on any atom is -0.444 e. The van der Waals surface area contributed by atoms with Gasteiger partial charge in [-0.3, -0.25) is 9.59 Å². The molecule has 7 nitrogen and oxygen atoms in total. The van der Waals surface area contributed by atoms with Gasteiger partial charge in [-0.2, -0.15) is 0 Å². The number of alkyl carbamates (subject to hydrolysis) is 1. The van der Waals surface area contributed by atoms with Crippen LogP contribution in [-0.4, -0.2) is 43.1 Å². The molecule has 0 rings (SSSR count). The van der Waals surface area contributed by atoms with Crippen molar-refractivity contribution < 1.29 is 19.1 Å². The van der Waals surface area contributed by atoms with E-state index in [1.165, 1.54) is 14.0 Å². The van der Waals surface area contributed by atoms with Gasteiger partial charge < -0.3 is 20.7 Å². The molecule has 1 atom stereocenters. The van der Waals surface area contributed by atoms with Gasteiger partial charge >= 0.3 is 6.09 Å². The van der Waals surface area contributed by atoms with Crippen LogP contribution < -0.4 is 16.0 Å². The summed E-state index contributed by atoms with van der Waals surface area (Å²) in [7, 11) is 1.47. The number of carbonyl (C=O) groups is 3. The zero-order chi connectivity index (χ0) is 14.3. The number of hydrogen-bond donors (Lipinski definition) is 3. The molecule has 0 saturated heterocycles. The van der Waals surface area contributed by atoms with Gasteiger partial charge in [-0.05, 0) is 27.7 Å². The van der Waals surface area contributed by atoms with E-state index in [1.807, 2.05) is 0 Å². The summed E-state index contributed by atoms with van der Waals surface area (Å²) in [6.07, 6.45) is -0.676. The number of likely N-dealkylation sites (N-methyl/N-ethyl adjacent to an activating group) is 1. The standard InChI is InChI=1S/C11H21N3O4/c1-7(9(16)13-6-8(15)12-5)14-10(17)18-11(2,3)4/h7H,6H2,1-5H3,(H,12,15)(H,13,16)(H,14,17). The second kappa shape index (κ2) is 6.83. The van der Waals surface area contributed by atoms with Gasteiger partial charge in [0.25, 0.3) is 0 Å². The molecule has 0 spiro atoms. The Morgan fingerprint density at radius 3 is 2.22 bits per heavy atom. The largest absolute Gasteiger partial charge is 0.444 e. The highest BCUT2D eigenvalue weighted by Crippen LogP contribution is 2.06. The minimum atomic E-state index is -0.774. The molecule has 0 heterocycles. The first-order valence-electron chi connectivity index (χ1n) is 5.63. The van der Waals surface area contributed by atoms with E-state index < -0.39 is 23.6 Å². The predicted octanol–water partition coefficient (Wildman–Crippen LogP) is -0.238. The van der Waals surface area contributed by atoms with Crippen LogP contribution in [0, 0.1) is 0 Å². The maximum absolute atomic E-state index is 11.5. The Hall–Kier alpha value is -1.79. The second-order valence-corrected chi connectivity index (χ2v) is 4.76. The Kier molecular flexibility index (Phi) is 6.15. The summed E-state index contributed by atoms with van der Waals surface area (Å²) in [5, 5.41) is 7.12. The Morgan fingerprint density at radius 1 is 1.22 bits per heavy atom. The van der Waals surface area contributed by atoms with Crippen LogP contribution in [0.1, 0.15) is 27.7 Å². The van der Waals surface area contributed by atoms with Crippen molar-refractivity contribution in [2.45, 2.75) is 39.3 Å². The third-order valence-electron chi connectivity index (χ3n) is 1.83. The topological polar surface area (TPSA) is 96.5 Å². The van der Waals surface area contributed by atoms with E-state index in [2.05, 4.69) is 16.0 Å². The fraction of sp³-hybridized carbons (Fsp3) is 0.727. The molecule has 0 aromatic carbocycles. The summed E-state index contributed by atoms with van der Waals surface area (Å²) in [5.41, 5.74) is -0.623. The van der Waals surface area contributed by atoms with Crippen molar-refractivity contribution >= 4 is 17.9 Å². The number of hydrogen-bond acceptors (Lipinski definition) is 4. The van der Waals surface area contributed by atoms with Crippen molar-refractivity contribution in [1.82, 2.24) is 16.0 Å². The summed E-state index contributed by atoms with van der Waals surface area (Å²) in [6.45, 7) is 6.55. The lowest BCUT2D eigenvalue weighted by Gasteiger charge is -2.21. The van der Waals surface area contributed by atoms with E-state index in [1.54, 1.807) is 20.8 Å². The van der Waals surface area contributed by atoms with E-state index in [-0.39, 0.29) is 12.5 Å². The zero-order valence-corrected chi connectivity index (χ0v) is 11.4. The molecule has 0 aliphatic heterocycles. The van der Waals surface area contributed by atoms with Crippen LogP contribution in [-0.2, 0) is 14.3 Å².